The topological polar surface area (TPSA) is 29.5 Å². The van der Waals surface area contributed by atoms with Crippen molar-refractivity contribution in [2.24, 2.45) is 0 Å². The van der Waals surface area contributed by atoms with Crippen molar-refractivity contribution >= 4 is 27.1 Å². The summed E-state index contributed by atoms with van der Waals surface area (Å²) in [5.74, 6) is 0.720. The Morgan fingerprint density at radius 2 is 1.92 bits per heavy atom. The monoisotopic (exact) mass is 353 g/mol. The van der Waals surface area contributed by atoms with Crippen LogP contribution in [0.4, 0.5) is 5.69 Å². The maximum Gasteiger partial charge on any atom is 0.211 e. The van der Waals surface area contributed by atoms with E-state index in [1.165, 1.54) is 5.56 Å². The van der Waals surface area contributed by atoms with Gasteiger partial charge in [0.05, 0.1) is 12.8 Å². The molecular formula is C21H23NO2S. The van der Waals surface area contributed by atoms with Crippen molar-refractivity contribution < 1.29 is 4.74 Å². The van der Waals surface area contributed by atoms with Crippen molar-refractivity contribution in [3.05, 3.63) is 69.7 Å². The van der Waals surface area contributed by atoms with Gasteiger partial charge in [-0.1, -0.05) is 43.7 Å². The van der Waals surface area contributed by atoms with Gasteiger partial charge >= 0.3 is 0 Å². The van der Waals surface area contributed by atoms with Gasteiger partial charge in [-0.2, -0.15) is 0 Å². The molecule has 3 rings (SSSR count). The highest BCUT2D eigenvalue weighted by Gasteiger charge is 2.14. The summed E-state index contributed by atoms with van der Waals surface area (Å²) in [6.07, 6.45) is 2.16. The predicted molar refractivity (Wildman–Crippen MR) is 107 cm³/mol. The third kappa shape index (κ3) is 4.02. The van der Waals surface area contributed by atoms with Gasteiger partial charge < -0.3 is 9.64 Å². The molecule has 3 aromatic rings. The molecule has 0 atom stereocenters. The molecule has 0 radical (unpaired) electrons. The fraction of sp³-hybridized carbons (Fsp3) is 0.286. The van der Waals surface area contributed by atoms with Gasteiger partial charge in [0.2, 0.25) is 5.43 Å². The molecule has 0 aliphatic carbocycles. The van der Waals surface area contributed by atoms with Gasteiger partial charge in [-0.3, -0.25) is 4.79 Å². The van der Waals surface area contributed by atoms with Gasteiger partial charge in [-0.05, 0) is 30.2 Å². The van der Waals surface area contributed by atoms with Gasteiger partial charge in [-0.15, -0.1) is 11.3 Å². The van der Waals surface area contributed by atoms with Gasteiger partial charge in [0.15, 0.2) is 0 Å². The van der Waals surface area contributed by atoms with E-state index in [1.54, 1.807) is 18.4 Å². The van der Waals surface area contributed by atoms with Crippen LogP contribution >= 0.6 is 11.3 Å². The van der Waals surface area contributed by atoms with Gasteiger partial charge in [0, 0.05) is 28.6 Å². The largest absolute Gasteiger partial charge is 0.497 e. The van der Waals surface area contributed by atoms with E-state index < -0.39 is 0 Å². The number of anilines is 1. The summed E-state index contributed by atoms with van der Waals surface area (Å²) in [5.41, 5.74) is 2.08. The van der Waals surface area contributed by atoms with Crippen molar-refractivity contribution in [1.82, 2.24) is 0 Å². The smallest absolute Gasteiger partial charge is 0.211 e. The number of unbranched alkanes of at least 4 members (excludes halogenated alkanes) is 1. The number of ether oxygens (including phenoxy) is 1. The molecule has 3 nitrogen and oxygen atoms in total. The zero-order chi connectivity index (χ0) is 17.6. The Kier molecular flexibility index (Phi) is 5.71. The minimum atomic E-state index is 0.0830. The van der Waals surface area contributed by atoms with Gasteiger partial charge in [0.1, 0.15) is 5.75 Å². The zero-order valence-electron chi connectivity index (χ0n) is 14.7. The molecule has 0 N–H and O–H groups in total. The van der Waals surface area contributed by atoms with E-state index in [0.717, 1.165) is 47.5 Å². The third-order valence-corrected chi connectivity index (χ3v) is 5.25. The second-order valence-corrected chi connectivity index (χ2v) is 6.98. The third-order valence-electron chi connectivity index (χ3n) is 4.30. The van der Waals surface area contributed by atoms with E-state index >= 15 is 0 Å². The van der Waals surface area contributed by atoms with Crippen molar-refractivity contribution in [2.45, 2.75) is 26.3 Å². The first-order valence-electron chi connectivity index (χ1n) is 8.61. The first kappa shape index (κ1) is 17.5. The van der Waals surface area contributed by atoms with Crippen LogP contribution in [-0.4, -0.2) is 13.7 Å². The molecule has 0 unspecified atom stereocenters. The standard InChI is InChI=1S/C21H23NO2S/c1-3-4-12-22(14-16-8-6-5-7-9-16)19-15-25-20-11-10-17(24-2)13-18(20)21(19)23/h5-11,13,15H,3-4,12,14H2,1-2H3. The minimum absolute atomic E-state index is 0.0830. The minimum Gasteiger partial charge on any atom is -0.497 e. The maximum atomic E-state index is 13.1. The highest BCUT2D eigenvalue weighted by molar-refractivity contribution is 7.16. The Hall–Kier alpha value is -2.33. The van der Waals surface area contributed by atoms with E-state index in [9.17, 15) is 4.79 Å². The lowest BCUT2D eigenvalue weighted by Gasteiger charge is -2.24. The van der Waals surface area contributed by atoms with Crippen LogP contribution in [0.5, 0.6) is 5.75 Å². The highest BCUT2D eigenvalue weighted by Crippen LogP contribution is 2.26. The number of rotatable bonds is 7. The molecule has 1 heterocycles. The Morgan fingerprint density at radius 3 is 2.64 bits per heavy atom. The molecule has 0 saturated heterocycles. The number of methoxy groups -OCH3 is 1. The molecular weight excluding hydrogens is 330 g/mol. The van der Waals surface area contributed by atoms with Crippen LogP contribution in [-0.2, 0) is 6.54 Å². The molecule has 25 heavy (non-hydrogen) atoms. The molecule has 0 amide bonds. The van der Waals surface area contributed by atoms with E-state index in [1.807, 2.05) is 41.8 Å². The first-order chi connectivity index (χ1) is 12.2. The summed E-state index contributed by atoms with van der Waals surface area (Å²) in [6, 6.07) is 16.0. The summed E-state index contributed by atoms with van der Waals surface area (Å²) in [5, 5.41) is 2.73. The lowest BCUT2D eigenvalue weighted by atomic mass is 10.1. The molecule has 0 bridgehead atoms. The molecule has 0 fully saturated rings. The van der Waals surface area contributed by atoms with Crippen molar-refractivity contribution in [3.8, 4) is 5.75 Å². The van der Waals surface area contributed by atoms with Crippen molar-refractivity contribution in [2.75, 3.05) is 18.6 Å². The second kappa shape index (κ2) is 8.17. The normalized spacial score (nSPS) is 10.8. The van der Waals surface area contributed by atoms with Crippen LogP contribution in [0.1, 0.15) is 25.3 Å². The summed E-state index contributed by atoms with van der Waals surface area (Å²) in [6.45, 7) is 3.80. The van der Waals surface area contributed by atoms with E-state index in [4.69, 9.17) is 4.74 Å². The highest BCUT2D eigenvalue weighted by atomic mass is 32.1. The number of nitrogens with zero attached hydrogens (tertiary/aromatic N) is 1. The van der Waals surface area contributed by atoms with Crippen molar-refractivity contribution in [1.29, 1.82) is 0 Å². The summed E-state index contributed by atoms with van der Waals surface area (Å²) < 4.78 is 6.28. The summed E-state index contributed by atoms with van der Waals surface area (Å²) >= 11 is 1.61. The quantitative estimate of drug-likeness (QED) is 0.593. The van der Waals surface area contributed by atoms with E-state index in [-0.39, 0.29) is 5.43 Å². The lowest BCUT2D eigenvalue weighted by molar-refractivity contribution is 0.415. The van der Waals surface area contributed by atoms with Crippen LogP contribution in [0.15, 0.2) is 58.7 Å². The Morgan fingerprint density at radius 1 is 1.12 bits per heavy atom. The fourth-order valence-corrected chi connectivity index (χ4v) is 3.80. The number of fused-ring (bicyclic) bond motifs is 1. The molecule has 2 aromatic carbocycles. The molecule has 4 heteroatoms. The average Bonchev–Trinajstić information content (AvgIpc) is 2.66. The van der Waals surface area contributed by atoms with Crippen LogP contribution < -0.4 is 15.1 Å². The number of benzene rings is 2. The van der Waals surface area contributed by atoms with E-state index in [2.05, 4.69) is 24.0 Å². The summed E-state index contributed by atoms with van der Waals surface area (Å²) in [7, 11) is 1.63. The second-order valence-electron chi connectivity index (χ2n) is 6.07. The fourth-order valence-electron chi connectivity index (χ4n) is 2.88. The van der Waals surface area contributed by atoms with Crippen LogP contribution in [0.3, 0.4) is 0 Å². The van der Waals surface area contributed by atoms with Gasteiger partial charge in [0.25, 0.3) is 0 Å². The Labute approximate surface area is 152 Å². The number of hydrogen-bond donors (Lipinski definition) is 0. The molecule has 0 saturated carbocycles. The molecule has 1 aromatic heterocycles. The summed E-state index contributed by atoms with van der Waals surface area (Å²) in [4.78, 5) is 15.3. The Bertz CT molecular complexity index is 889. The Balaban J connectivity index is 2.02. The van der Waals surface area contributed by atoms with Crippen LogP contribution in [0.2, 0.25) is 0 Å². The lowest BCUT2D eigenvalue weighted by Crippen LogP contribution is -2.28. The van der Waals surface area contributed by atoms with Crippen LogP contribution in [0, 0.1) is 0 Å². The molecule has 0 aliphatic rings. The van der Waals surface area contributed by atoms with Crippen LogP contribution in [0.25, 0.3) is 10.1 Å². The predicted octanol–water partition coefficient (Wildman–Crippen LogP) is 5.08. The SMILES string of the molecule is CCCCN(Cc1ccccc1)c1csc2ccc(OC)cc2c1=O. The van der Waals surface area contributed by atoms with Crippen molar-refractivity contribution in [3.63, 3.8) is 0 Å². The maximum absolute atomic E-state index is 13.1. The van der Waals surface area contributed by atoms with E-state index in [0.29, 0.717) is 0 Å². The molecule has 130 valence electrons. The first-order valence-corrected chi connectivity index (χ1v) is 9.49. The molecule has 0 aliphatic heterocycles. The number of hydrogen-bond acceptors (Lipinski definition) is 4. The average molecular weight is 353 g/mol. The van der Waals surface area contributed by atoms with Gasteiger partial charge in [-0.25, -0.2) is 0 Å². The zero-order valence-corrected chi connectivity index (χ0v) is 15.5. The molecule has 0 spiro atoms.